The quantitative estimate of drug-likeness (QED) is 0.783. The molecule has 5 heteroatoms. The number of carbonyl (C=O) groups excluding carboxylic acids is 1. The molecule has 0 spiro atoms. The lowest BCUT2D eigenvalue weighted by atomic mass is 9.85. The Hall–Kier alpha value is -2.95. The van der Waals surface area contributed by atoms with Gasteiger partial charge in [-0.3, -0.25) is 9.78 Å². The van der Waals surface area contributed by atoms with Crippen molar-refractivity contribution in [2.24, 2.45) is 5.73 Å². The molecule has 0 saturated heterocycles. The second-order valence-corrected chi connectivity index (χ2v) is 6.87. The molecular formula is C21H20FN3O. The lowest BCUT2D eigenvalue weighted by Gasteiger charge is -2.40. The first-order chi connectivity index (χ1) is 12.5. The smallest absolute Gasteiger partial charge is 0.225 e. The topological polar surface area (TPSA) is 59.2 Å². The van der Waals surface area contributed by atoms with Crippen LogP contribution in [0.1, 0.15) is 30.4 Å². The zero-order valence-corrected chi connectivity index (χ0v) is 14.5. The summed E-state index contributed by atoms with van der Waals surface area (Å²) in [5, 5.41) is 0.787. The first kappa shape index (κ1) is 16.5. The summed E-state index contributed by atoms with van der Waals surface area (Å²) < 4.78 is 14.1. The van der Waals surface area contributed by atoms with Crippen molar-refractivity contribution < 1.29 is 9.18 Å². The fraction of sp³-hybridized carbons (Fsp3) is 0.238. The van der Waals surface area contributed by atoms with Crippen LogP contribution in [-0.4, -0.2) is 16.9 Å². The summed E-state index contributed by atoms with van der Waals surface area (Å²) in [7, 11) is 0. The molecule has 132 valence electrons. The summed E-state index contributed by atoms with van der Waals surface area (Å²) in [5.74, 6) is -0.866. The number of primary amides is 1. The Morgan fingerprint density at radius 3 is 2.88 bits per heavy atom. The highest BCUT2D eigenvalue weighted by Crippen LogP contribution is 2.39. The van der Waals surface area contributed by atoms with Crippen LogP contribution in [0.5, 0.6) is 0 Å². The third-order valence-corrected chi connectivity index (χ3v) is 5.16. The van der Waals surface area contributed by atoms with Gasteiger partial charge in [0.1, 0.15) is 5.82 Å². The predicted octanol–water partition coefficient (Wildman–Crippen LogP) is 3.74. The van der Waals surface area contributed by atoms with Gasteiger partial charge in [-0.1, -0.05) is 24.3 Å². The molecule has 1 aliphatic heterocycles. The van der Waals surface area contributed by atoms with E-state index in [0.717, 1.165) is 27.7 Å². The number of halogens is 1. The normalized spacial score (nSPS) is 19.4. The van der Waals surface area contributed by atoms with E-state index < -0.39 is 0 Å². The summed E-state index contributed by atoms with van der Waals surface area (Å²) >= 11 is 0. The molecule has 0 saturated carbocycles. The lowest BCUT2D eigenvalue weighted by Crippen LogP contribution is -2.41. The number of nitrogens with two attached hydrogens (primary N) is 1. The van der Waals surface area contributed by atoms with E-state index in [2.05, 4.69) is 16.8 Å². The maximum absolute atomic E-state index is 14.1. The molecule has 0 fully saturated rings. The number of aromatic nitrogens is 1. The fourth-order valence-corrected chi connectivity index (χ4v) is 3.92. The molecule has 3 aromatic rings. The minimum absolute atomic E-state index is 0.101. The first-order valence-electron chi connectivity index (χ1n) is 8.72. The summed E-state index contributed by atoms with van der Waals surface area (Å²) in [6, 6.07) is 14.6. The Balaban J connectivity index is 1.79. The van der Waals surface area contributed by atoms with Gasteiger partial charge in [-0.2, -0.15) is 0 Å². The molecule has 1 aromatic heterocycles. The van der Waals surface area contributed by atoms with Gasteiger partial charge in [0.15, 0.2) is 0 Å². The van der Waals surface area contributed by atoms with E-state index in [0.29, 0.717) is 13.0 Å². The molecule has 4 nitrogen and oxygen atoms in total. The lowest BCUT2D eigenvalue weighted by molar-refractivity contribution is -0.119. The predicted molar refractivity (Wildman–Crippen MR) is 100 cm³/mol. The number of hydrogen-bond acceptors (Lipinski definition) is 3. The summed E-state index contributed by atoms with van der Waals surface area (Å²) in [6.45, 7) is 2.59. The highest BCUT2D eigenvalue weighted by Gasteiger charge is 2.33. The molecule has 2 aromatic carbocycles. The number of carbonyl (C=O) groups is 1. The number of anilines is 1. The van der Waals surface area contributed by atoms with Gasteiger partial charge < -0.3 is 10.6 Å². The summed E-state index contributed by atoms with van der Waals surface area (Å²) in [6.07, 6.45) is 2.37. The Kier molecular flexibility index (Phi) is 4.07. The second kappa shape index (κ2) is 6.41. The minimum Gasteiger partial charge on any atom is -0.369 e. The van der Waals surface area contributed by atoms with Gasteiger partial charge in [0.2, 0.25) is 5.91 Å². The van der Waals surface area contributed by atoms with E-state index in [1.807, 2.05) is 36.4 Å². The molecule has 2 heterocycles. The number of fused-ring (bicyclic) bond motifs is 2. The average molecular weight is 349 g/mol. The van der Waals surface area contributed by atoms with Crippen LogP contribution in [0.25, 0.3) is 10.9 Å². The SMILES string of the molecule is C[C@@H]1C[C@H](C(N)=O)c2ccccc2N1Cc1cc(F)cc2cccnc12. The zero-order valence-electron chi connectivity index (χ0n) is 14.5. The Bertz CT molecular complexity index is 988. The van der Waals surface area contributed by atoms with Crippen LogP contribution >= 0.6 is 0 Å². The number of benzene rings is 2. The molecule has 0 aliphatic carbocycles. The van der Waals surface area contributed by atoms with Crippen molar-refractivity contribution in [2.45, 2.75) is 31.8 Å². The Labute approximate surface area is 151 Å². The largest absolute Gasteiger partial charge is 0.369 e. The molecule has 26 heavy (non-hydrogen) atoms. The van der Waals surface area contributed by atoms with Crippen molar-refractivity contribution >= 4 is 22.5 Å². The van der Waals surface area contributed by atoms with Gasteiger partial charge in [-0.15, -0.1) is 0 Å². The van der Waals surface area contributed by atoms with Crippen LogP contribution < -0.4 is 10.6 Å². The highest BCUT2D eigenvalue weighted by atomic mass is 19.1. The first-order valence-corrected chi connectivity index (χ1v) is 8.72. The summed E-state index contributed by atoms with van der Waals surface area (Å²) in [4.78, 5) is 18.5. The molecular weight excluding hydrogens is 329 g/mol. The number of nitrogens with zero attached hydrogens (tertiary/aromatic N) is 2. The molecule has 0 bridgehead atoms. The van der Waals surface area contributed by atoms with Crippen LogP contribution in [0.3, 0.4) is 0 Å². The standard InChI is InChI=1S/C21H20FN3O/c1-13-9-18(21(23)26)17-6-2-3-7-19(17)25(13)12-15-11-16(22)10-14-5-4-8-24-20(14)15/h2-8,10-11,13,18H,9,12H2,1H3,(H2,23,26)/t13-,18+/m1/s1. The number of para-hydroxylation sites is 1. The van der Waals surface area contributed by atoms with Crippen LogP contribution in [0, 0.1) is 5.82 Å². The second-order valence-electron chi connectivity index (χ2n) is 6.87. The number of hydrogen-bond donors (Lipinski definition) is 1. The van der Waals surface area contributed by atoms with Crippen molar-refractivity contribution in [3.8, 4) is 0 Å². The molecule has 1 aliphatic rings. The van der Waals surface area contributed by atoms with E-state index in [-0.39, 0.29) is 23.7 Å². The summed E-state index contributed by atoms with van der Waals surface area (Å²) in [5.41, 5.74) is 9.17. The van der Waals surface area contributed by atoms with Gasteiger partial charge in [0.25, 0.3) is 0 Å². The van der Waals surface area contributed by atoms with E-state index >= 15 is 0 Å². The van der Waals surface area contributed by atoms with Gasteiger partial charge in [-0.05, 0) is 43.2 Å². The van der Waals surface area contributed by atoms with E-state index in [1.54, 1.807) is 12.3 Å². The maximum atomic E-state index is 14.1. The molecule has 0 radical (unpaired) electrons. The minimum atomic E-state index is -0.304. The van der Waals surface area contributed by atoms with Crippen LogP contribution in [0.15, 0.2) is 54.7 Å². The number of pyridine rings is 1. The van der Waals surface area contributed by atoms with Crippen molar-refractivity contribution in [3.05, 3.63) is 71.7 Å². The van der Waals surface area contributed by atoms with Crippen LogP contribution in [0.2, 0.25) is 0 Å². The third kappa shape index (κ3) is 2.79. The van der Waals surface area contributed by atoms with Crippen LogP contribution in [-0.2, 0) is 11.3 Å². The van der Waals surface area contributed by atoms with Crippen molar-refractivity contribution in [1.82, 2.24) is 4.98 Å². The number of amides is 1. The Morgan fingerprint density at radius 2 is 2.08 bits per heavy atom. The molecule has 4 rings (SSSR count). The van der Waals surface area contributed by atoms with Gasteiger partial charge in [0.05, 0.1) is 11.4 Å². The monoisotopic (exact) mass is 349 g/mol. The maximum Gasteiger partial charge on any atom is 0.225 e. The highest BCUT2D eigenvalue weighted by molar-refractivity contribution is 5.86. The number of rotatable bonds is 3. The van der Waals surface area contributed by atoms with Gasteiger partial charge in [0, 0.05) is 35.4 Å². The Morgan fingerprint density at radius 1 is 1.27 bits per heavy atom. The van der Waals surface area contributed by atoms with E-state index in [1.165, 1.54) is 6.07 Å². The molecule has 1 amide bonds. The third-order valence-electron chi connectivity index (χ3n) is 5.16. The molecule has 2 N–H and O–H groups in total. The molecule has 0 unspecified atom stereocenters. The van der Waals surface area contributed by atoms with E-state index in [9.17, 15) is 9.18 Å². The van der Waals surface area contributed by atoms with Crippen molar-refractivity contribution in [2.75, 3.05) is 4.90 Å². The van der Waals surface area contributed by atoms with Crippen molar-refractivity contribution in [1.29, 1.82) is 0 Å². The van der Waals surface area contributed by atoms with Crippen LogP contribution in [0.4, 0.5) is 10.1 Å². The van der Waals surface area contributed by atoms with E-state index in [4.69, 9.17) is 5.73 Å². The van der Waals surface area contributed by atoms with Crippen molar-refractivity contribution in [3.63, 3.8) is 0 Å². The zero-order chi connectivity index (χ0) is 18.3. The molecule has 2 atom stereocenters. The average Bonchev–Trinajstić information content (AvgIpc) is 2.63. The van der Waals surface area contributed by atoms with Gasteiger partial charge in [-0.25, -0.2) is 4.39 Å². The fourth-order valence-electron chi connectivity index (χ4n) is 3.92. The van der Waals surface area contributed by atoms with Gasteiger partial charge >= 0.3 is 0 Å².